The SMILES string of the molecule is Cn1ccnc1C1CNCCN1C(=O)c1ccnc(N2CCCC2)n1. The highest BCUT2D eigenvalue weighted by Gasteiger charge is 2.32. The van der Waals surface area contributed by atoms with Crippen LogP contribution in [0.15, 0.2) is 24.7 Å². The molecular weight excluding hydrogens is 318 g/mol. The second-order valence-electron chi connectivity index (χ2n) is 6.55. The minimum absolute atomic E-state index is 0.0580. The van der Waals surface area contributed by atoms with Gasteiger partial charge >= 0.3 is 0 Å². The number of hydrogen-bond donors (Lipinski definition) is 1. The van der Waals surface area contributed by atoms with E-state index < -0.39 is 0 Å². The molecule has 0 aromatic carbocycles. The molecule has 0 spiro atoms. The topological polar surface area (TPSA) is 79.2 Å². The van der Waals surface area contributed by atoms with Crippen LogP contribution in [0.25, 0.3) is 0 Å². The molecule has 2 saturated heterocycles. The number of aromatic nitrogens is 4. The van der Waals surface area contributed by atoms with E-state index in [1.165, 1.54) is 0 Å². The minimum Gasteiger partial charge on any atom is -0.341 e. The first-order chi connectivity index (χ1) is 12.2. The van der Waals surface area contributed by atoms with E-state index in [0.29, 0.717) is 24.7 Å². The summed E-state index contributed by atoms with van der Waals surface area (Å²) >= 11 is 0. The van der Waals surface area contributed by atoms with Gasteiger partial charge in [-0.15, -0.1) is 0 Å². The highest BCUT2D eigenvalue weighted by atomic mass is 16.2. The first-order valence-electron chi connectivity index (χ1n) is 8.81. The van der Waals surface area contributed by atoms with Crippen molar-refractivity contribution < 1.29 is 4.79 Å². The molecule has 2 aliphatic heterocycles. The largest absolute Gasteiger partial charge is 0.341 e. The Kier molecular flexibility index (Phi) is 4.35. The Bertz CT molecular complexity index is 753. The summed E-state index contributed by atoms with van der Waals surface area (Å²) < 4.78 is 1.97. The average molecular weight is 341 g/mol. The first-order valence-corrected chi connectivity index (χ1v) is 8.81. The molecule has 0 aliphatic carbocycles. The molecule has 0 saturated carbocycles. The lowest BCUT2D eigenvalue weighted by atomic mass is 10.1. The zero-order valence-electron chi connectivity index (χ0n) is 14.4. The summed E-state index contributed by atoms with van der Waals surface area (Å²) in [5, 5.41) is 3.35. The Balaban J connectivity index is 1.60. The molecule has 4 heterocycles. The second-order valence-corrected chi connectivity index (χ2v) is 6.55. The van der Waals surface area contributed by atoms with Crippen LogP contribution in [0.4, 0.5) is 5.95 Å². The Morgan fingerprint density at radius 2 is 2.04 bits per heavy atom. The smallest absolute Gasteiger partial charge is 0.273 e. The molecule has 8 heteroatoms. The molecule has 0 bridgehead atoms. The fraction of sp³-hybridized carbons (Fsp3) is 0.529. The maximum Gasteiger partial charge on any atom is 0.273 e. The molecule has 4 rings (SSSR count). The summed E-state index contributed by atoms with van der Waals surface area (Å²) in [6.45, 7) is 4.03. The van der Waals surface area contributed by atoms with Gasteiger partial charge in [-0.05, 0) is 18.9 Å². The Morgan fingerprint density at radius 3 is 2.80 bits per heavy atom. The predicted octanol–water partition coefficient (Wildman–Crippen LogP) is 0.597. The van der Waals surface area contributed by atoms with Crippen LogP contribution in [-0.2, 0) is 7.05 Å². The van der Waals surface area contributed by atoms with Gasteiger partial charge in [-0.1, -0.05) is 0 Å². The summed E-state index contributed by atoms with van der Waals surface area (Å²) in [6.07, 6.45) is 7.67. The summed E-state index contributed by atoms with van der Waals surface area (Å²) in [5.41, 5.74) is 0.456. The molecular formula is C17H23N7O. The zero-order valence-corrected chi connectivity index (χ0v) is 14.4. The van der Waals surface area contributed by atoms with Gasteiger partial charge in [-0.25, -0.2) is 15.0 Å². The second kappa shape index (κ2) is 6.79. The standard InChI is InChI=1S/C17H23N7O/c1-22-10-7-19-15(22)14-12-18-6-11-24(14)16(25)13-4-5-20-17(21-13)23-8-2-3-9-23/h4-5,7,10,14,18H,2-3,6,8-9,11-12H2,1H3. The number of rotatable bonds is 3. The van der Waals surface area contributed by atoms with Crippen molar-refractivity contribution in [2.45, 2.75) is 18.9 Å². The van der Waals surface area contributed by atoms with Crippen LogP contribution in [0, 0.1) is 0 Å². The van der Waals surface area contributed by atoms with Gasteiger partial charge in [0.15, 0.2) is 0 Å². The molecule has 1 N–H and O–H groups in total. The van der Waals surface area contributed by atoms with Crippen LogP contribution in [-0.4, -0.2) is 63.0 Å². The van der Waals surface area contributed by atoms with Gasteiger partial charge < -0.3 is 19.7 Å². The van der Waals surface area contributed by atoms with E-state index >= 15 is 0 Å². The number of carbonyl (C=O) groups is 1. The summed E-state index contributed by atoms with van der Waals surface area (Å²) in [6, 6.07) is 1.62. The van der Waals surface area contributed by atoms with Crippen molar-refractivity contribution in [1.29, 1.82) is 0 Å². The van der Waals surface area contributed by atoms with Gasteiger partial charge in [-0.3, -0.25) is 4.79 Å². The van der Waals surface area contributed by atoms with E-state index in [9.17, 15) is 4.79 Å². The molecule has 2 aromatic rings. The number of piperazine rings is 1. The van der Waals surface area contributed by atoms with E-state index in [1.54, 1.807) is 18.5 Å². The van der Waals surface area contributed by atoms with Crippen molar-refractivity contribution in [2.75, 3.05) is 37.6 Å². The van der Waals surface area contributed by atoms with Crippen molar-refractivity contribution >= 4 is 11.9 Å². The lowest BCUT2D eigenvalue weighted by Gasteiger charge is -2.35. The predicted molar refractivity (Wildman–Crippen MR) is 93.3 cm³/mol. The molecule has 8 nitrogen and oxygen atoms in total. The van der Waals surface area contributed by atoms with Crippen LogP contribution >= 0.6 is 0 Å². The van der Waals surface area contributed by atoms with E-state index in [-0.39, 0.29) is 11.9 Å². The van der Waals surface area contributed by atoms with Crippen molar-refractivity contribution in [3.63, 3.8) is 0 Å². The van der Waals surface area contributed by atoms with Gasteiger partial charge in [0, 0.05) is 58.4 Å². The number of anilines is 1. The molecule has 1 amide bonds. The molecule has 2 fully saturated rings. The number of hydrogen-bond acceptors (Lipinski definition) is 6. The fourth-order valence-electron chi connectivity index (χ4n) is 3.56. The lowest BCUT2D eigenvalue weighted by molar-refractivity contribution is 0.0614. The number of aryl methyl sites for hydroxylation is 1. The highest BCUT2D eigenvalue weighted by molar-refractivity contribution is 5.92. The highest BCUT2D eigenvalue weighted by Crippen LogP contribution is 2.23. The van der Waals surface area contributed by atoms with Gasteiger partial charge in [0.25, 0.3) is 5.91 Å². The molecule has 1 unspecified atom stereocenters. The number of nitrogens with zero attached hydrogens (tertiary/aromatic N) is 6. The number of amides is 1. The van der Waals surface area contributed by atoms with E-state index in [0.717, 1.165) is 38.3 Å². The molecule has 2 aliphatic rings. The van der Waals surface area contributed by atoms with Crippen molar-refractivity contribution in [2.24, 2.45) is 7.05 Å². The first kappa shape index (κ1) is 16.0. The normalized spacial score (nSPS) is 20.9. The lowest BCUT2D eigenvalue weighted by Crippen LogP contribution is -2.49. The molecule has 25 heavy (non-hydrogen) atoms. The number of nitrogens with one attached hydrogen (secondary N) is 1. The maximum absolute atomic E-state index is 13.1. The van der Waals surface area contributed by atoms with Gasteiger partial charge in [0.05, 0.1) is 0 Å². The number of carbonyl (C=O) groups excluding carboxylic acids is 1. The molecule has 132 valence electrons. The Labute approximate surface area is 146 Å². The van der Waals surface area contributed by atoms with E-state index in [4.69, 9.17) is 0 Å². The van der Waals surface area contributed by atoms with Gasteiger partial charge in [0.1, 0.15) is 17.6 Å². The molecule has 1 atom stereocenters. The molecule has 0 radical (unpaired) electrons. The van der Waals surface area contributed by atoms with Crippen molar-refractivity contribution in [3.8, 4) is 0 Å². The van der Waals surface area contributed by atoms with Crippen LogP contribution in [0.5, 0.6) is 0 Å². The Hall–Kier alpha value is -2.48. The third-order valence-corrected chi connectivity index (χ3v) is 4.91. The maximum atomic E-state index is 13.1. The van der Waals surface area contributed by atoms with E-state index in [2.05, 4.69) is 25.2 Å². The van der Waals surface area contributed by atoms with Crippen LogP contribution in [0.2, 0.25) is 0 Å². The van der Waals surface area contributed by atoms with E-state index in [1.807, 2.05) is 22.7 Å². The third kappa shape index (κ3) is 3.09. The van der Waals surface area contributed by atoms with Crippen molar-refractivity contribution in [3.05, 3.63) is 36.2 Å². The van der Waals surface area contributed by atoms with Gasteiger partial charge in [0.2, 0.25) is 5.95 Å². The minimum atomic E-state index is -0.0912. The monoisotopic (exact) mass is 341 g/mol. The summed E-state index contributed by atoms with van der Waals surface area (Å²) in [4.78, 5) is 30.5. The Morgan fingerprint density at radius 1 is 1.20 bits per heavy atom. The quantitative estimate of drug-likeness (QED) is 0.881. The van der Waals surface area contributed by atoms with Crippen molar-refractivity contribution in [1.82, 2.24) is 29.7 Å². The third-order valence-electron chi connectivity index (χ3n) is 4.91. The van der Waals surface area contributed by atoms with Crippen LogP contribution < -0.4 is 10.2 Å². The summed E-state index contributed by atoms with van der Waals surface area (Å²) in [5.74, 6) is 1.48. The summed E-state index contributed by atoms with van der Waals surface area (Å²) in [7, 11) is 1.95. The zero-order chi connectivity index (χ0) is 17.2. The average Bonchev–Trinajstić information content (AvgIpc) is 3.33. The number of imidazole rings is 1. The van der Waals surface area contributed by atoms with Crippen LogP contribution in [0.1, 0.15) is 35.2 Å². The van der Waals surface area contributed by atoms with Crippen LogP contribution in [0.3, 0.4) is 0 Å². The fourth-order valence-corrected chi connectivity index (χ4v) is 3.56. The van der Waals surface area contributed by atoms with Gasteiger partial charge in [-0.2, -0.15) is 0 Å². The molecule has 2 aromatic heterocycles.